The van der Waals surface area contributed by atoms with E-state index in [1.807, 2.05) is 45.4 Å². The number of ether oxygens (including phenoxy) is 2. The molecule has 0 radical (unpaired) electrons. The Kier molecular flexibility index (Phi) is 32.8. The lowest BCUT2D eigenvalue weighted by atomic mass is 10.2. The lowest BCUT2D eigenvalue weighted by Gasteiger charge is -2.24. The van der Waals surface area contributed by atoms with Gasteiger partial charge in [0.25, 0.3) is 0 Å². The minimum absolute atomic E-state index is 0.00592. The summed E-state index contributed by atoms with van der Waals surface area (Å²) in [6, 6.07) is 0. The molecule has 0 aromatic carbocycles. The Morgan fingerprint density at radius 2 is 0.889 bits per heavy atom. The normalized spacial score (nSPS) is 15.0. The van der Waals surface area contributed by atoms with Crippen LogP contribution in [0.1, 0.15) is 90.9 Å². The molecular weight excluding hydrogens is 701 g/mol. The van der Waals surface area contributed by atoms with Crippen LogP contribution in [0.2, 0.25) is 0 Å². The van der Waals surface area contributed by atoms with Crippen molar-refractivity contribution < 1.29 is 42.1 Å². The summed E-state index contributed by atoms with van der Waals surface area (Å²) in [7, 11) is 1.35. The van der Waals surface area contributed by atoms with Gasteiger partial charge in [-0.15, -0.1) is 0 Å². The molecule has 0 aromatic rings. The summed E-state index contributed by atoms with van der Waals surface area (Å²) >= 11 is 0. The molecule has 0 heterocycles. The van der Waals surface area contributed by atoms with E-state index in [0.717, 1.165) is 51.4 Å². The summed E-state index contributed by atoms with van der Waals surface area (Å²) in [6.07, 6.45) is 48.9. The van der Waals surface area contributed by atoms with Gasteiger partial charge in [0.15, 0.2) is 6.10 Å². The van der Waals surface area contributed by atoms with Crippen LogP contribution in [-0.2, 0) is 32.7 Å². The van der Waals surface area contributed by atoms with Gasteiger partial charge in [0, 0.05) is 0 Å². The minimum atomic E-state index is -4.42. The standard InChI is InChI=1S/C44H68NO8P/c1-6-8-10-12-14-16-18-20-22-24-26-28-30-32-34-36-43(46)50-40-42(41-52-54(48,49)51-39-38-45(3,4)5)53-44(47)37-35-33-31-29-27-25-23-21-19-17-15-13-11-9-7-2/h8-11,14-17,20-23,26-29,32-35,42H,6-7,12-13,18-19,24-25,30-31,36-41H2,1-5H3/p+1/b10-8-,11-9-,16-14-,17-15-,22-20-,23-21-,28-26-,29-27-,34-32-,35-33-. The molecule has 0 rings (SSSR count). The van der Waals surface area contributed by atoms with Crippen molar-refractivity contribution in [3.05, 3.63) is 122 Å². The molecule has 0 aromatic heterocycles. The molecule has 0 aliphatic heterocycles. The van der Waals surface area contributed by atoms with Crippen LogP contribution in [0.25, 0.3) is 0 Å². The second-order valence-corrected chi connectivity index (χ2v) is 14.7. The molecule has 9 nitrogen and oxygen atoms in total. The second-order valence-electron chi connectivity index (χ2n) is 13.2. The molecule has 10 heteroatoms. The highest BCUT2D eigenvalue weighted by molar-refractivity contribution is 7.47. The van der Waals surface area contributed by atoms with Crippen molar-refractivity contribution in [1.29, 1.82) is 0 Å². The molecule has 2 atom stereocenters. The molecule has 2 unspecified atom stereocenters. The van der Waals surface area contributed by atoms with Gasteiger partial charge < -0.3 is 18.9 Å². The number of hydrogen-bond acceptors (Lipinski definition) is 7. The maximum absolute atomic E-state index is 12.6. The lowest BCUT2D eigenvalue weighted by Crippen LogP contribution is -2.37. The van der Waals surface area contributed by atoms with E-state index >= 15 is 0 Å². The molecule has 0 aliphatic rings. The van der Waals surface area contributed by atoms with Gasteiger partial charge in [-0.2, -0.15) is 0 Å². The van der Waals surface area contributed by atoms with Crippen LogP contribution >= 0.6 is 7.82 Å². The molecule has 0 aliphatic carbocycles. The number of carbonyl (C=O) groups excluding carboxylic acids is 2. The van der Waals surface area contributed by atoms with Gasteiger partial charge >= 0.3 is 19.8 Å². The first-order valence-electron chi connectivity index (χ1n) is 19.3. The summed E-state index contributed by atoms with van der Waals surface area (Å²) in [6.45, 7) is 3.91. The zero-order chi connectivity index (χ0) is 40.0. The molecule has 0 amide bonds. The Morgan fingerprint density at radius 3 is 1.26 bits per heavy atom. The third kappa shape index (κ3) is 38.1. The predicted molar refractivity (Wildman–Crippen MR) is 224 cm³/mol. The van der Waals surface area contributed by atoms with Gasteiger partial charge in [0.1, 0.15) is 19.8 Å². The predicted octanol–water partition coefficient (Wildman–Crippen LogP) is 10.6. The van der Waals surface area contributed by atoms with Crippen LogP contribution in [0.3, 0.4) is 0 Å². The lowest BCUT2D eigenvalue weighted by molar-refractivity contribution is -0.870. The minimum Gasteiger partial charge on any atom is -0.461 e. The van der Waals surface area contributed by atoms with E-state index in [9.17, 15) is 19.0 Å². The zero-order valence-electron chi connectivity index (χ0n) is 33.6. The number of hydrogen-bond donors (Lipinski definition) is 1. The van der Waals surface area contributed by atoms with Gasteiger partial charge in [-0.1, -0.05) is 135 Å². The van der Waals surface area contributed by atoms with E-state index < -0.39 is 32.5 Å². The number of likely N-dealkylation sites (N-methyl/N-ethyl adjacent to an activating group) is 1. The first-order chi connectivity index (χ1) is 26.0. The topological polar surface area (TPSA) is 108 Å². The van der Waals surface area contributed by atoms with Crippen molar-refractivity contribution in [1.82, 2.24) is 0 Å². The fraction of sp³-hybridized carbons (Fsp3) is 0.500. The van der Waals surface area contributed by atoms with E-state index in [4.69, 9.17) is 18.5 Å². The van der Waals surface area contributed by atoms with Crippen LogP contribution in [-0.4, -0.2) is 74.9 Å². The van der Waals surface area contributed by atoms with E-state index in [-0.39, 0.29) is 26.1 Å². The van der Waals surface area contributed by atoms with Crippen molar-refractivity contribution in [3.8, 4) is 0 Å². The summed E-state index contributed by atoms with van der Waals surface area (Å²) in [4.78, 5) is 35.1. The highest BCUT2D eigenvalue weighted by Gasteiger charge is 2.26. The summed E-state index contributed by atoms with van der Waals surface area (Å²) in [5.41, 5.74) is 0. The number of rotatable bonds is 32. The smallest absolute Gasteiger partial charge is 0.461 e. The molecular formula is C44H69NO8P+. The molecule has 0 bridgehead atoms. The van der Waals surface area contributed by atoms with Gasteiger partial charge in [0.2, 0.25) is 0 Å². The number of quaternary nitrogens is 1. The van der Waals surface area contributed by atoms with Gasteiger partial charge in [-0.3, -0.25) is 18.6 Å². The average Bonchev–Trinajstić information content (AvgIpc) is 3.12. The molecule has 0 saturated heterocycles. The van der Waals surface area contributed by atoms with Crippen molar-refractivity contribution >= 4 is 19.8 Å². The van der Waals surface area contributed by atoms with Crippen molar-refractivity contribution in [2.45, 2.75) is 97.0 Å². The fourth-order valence-electron chi connectivity index (χ4n) is 4.10. The molecule has 302 valence electrons. The van der Waals surface area contributed by atoms with Crippen molar-refractivity contribution in [2.75, 3.05) is 47.5 Å². The van der Waals surface area contributed by atoms with E-state index in [0.29, 0.717) is 23.9 Å². The van der Waals surface area contributed by atoms with Crippen LogP contribution in [0.5, 0.6) is 0 Å². The van der Waals surface area contributed by atoms with E-state index in [1.54, 1.807) is 12.2 Å². The monoisotopic (exact) mass is 770 g/mol. The zero-order valence-corrected chi connectivity index (χ0v) is 34.5. The van der Waals surface area contributed by atoms with Crippen molar-refractivity contribution in [3.63, 3.8) is 0 Å². The molecule has 1 N–H and O–H groups in total. The molecule has 0 saturated carbocycles. The highest BCUT2D eigenvalue weighted by Crippen LogP contribution is 2.43. The summed E-state index contributed by atoms with van der Waals surface area (Å²) in [5.74, 6) is -1.11. The first kappa shape index (κ1) is 50.4. The number of phosphoric ester groups is 1. The van der Waals surface area contributed by atoms with Crippen LogP contribution in [0.4, 0.5) is 0 Å². The quantitative estimate of drug-likeness (QED) is 0.0312. The largest absolute Gasteiger partial charge is 0.472 e. The van der Waals surface area contributed by atoms with Gasteiger partial charge in [-0.25, -0.2) is 4.57 Å². The Morgan fingerprint density at radius 1 is 0.537 bits per heavy atom. The number of carbonyl (C=O) groups is 2. The third-order valence-electron chi connectivity index (χ3n) is 7.05. The Labute approximate surface area is 327 Å². The van der Waals surface area contributed by atoms with Gasteiger partial charge in [0.05, 0.1) is 40.6 Å². The van der Waals surface area contributed by atoms with E-state index in [1.165, 1.54) is 0 Å². The van der Waals surface area contributed by atoms with Crippen LogP contribution in [0, 0.1) is 0 Å². The summed E-state index contributed by atoms with van der Waals surface area (Å²) in [5, 5.41) is 0. The molecule has 0 spiro atoms. The number of esters is 2. The Hall–Kier alpha value is -3.59. The number of phosphoric acid groups is 1. The first-order valence-corrected chi connectivity index (χ1v) is 20.8. The Balaban J connectivity index is 4.75. The number of allylic oxidation sites excluding steroid dienone is 18. The fourth-order valence-corrected chi connectivity index (χ4v) is 4.84. The Bertz CT molecular complexity index is 1330. The molecule has 54 heavy (non-hydrogen) atoms. The maximum Gasteiger partial charge on any atom is 0.472 e. The van der Waals surface area contributed by atoms with Crippen LogP contribution in [0.15, 0.2) is 122 Å². The second kappa shape index (κ2) is 35.1. The third-order valence-corrected chi connectivity index (χ3v) is 8.04. The SMILES string of the molecule is CC/C=C\C/C=C\C/C=C\C/C=C\C/C=C\CC(=O)OCC(COP(=O)(O)OCC[N+](C)(C)C)OC(=O)C/C=C\C/C=C\C/C=C\C/C=C\C/C=C\CC. The number of nitrogens with zero attached hydrogens (tertiary/aromatic N) is 1. The summed E-state index contributed by atoms with van der Waals surface area (Å²) < 4.78 is 33.9. The maximum atomic E-state index is 12.6. The molecule has 0 fully saturated rings. The highest BCUT2D eigenvalue weighted by atomic mass is 31.2. The van der Waals surface area contributed by atoms with Crippen molar-refractivity contribution in [2.24, 2.45) is 0 Å². The van der Waals surface area contributed by atoms with Gasteiger partial charge in [-0.05, 0) is 64.2 Å². The average molecular weight is 771 g/mol. The van der Waals surface area contributed by atoms with E-state index in [2.05, 4.69) is 98.9 Å². The van der Waals surface area contributed by atoms with Crippen LogP contribution < -0.4 is 0 Å².